The van der Waals surface area contributed by atoms with Crippen molar-refractivity contribution in [1.29, 1.82) is 0 Å². The number of aromatic nitrogens is 1. The van der Waals surface area contributed by atoms with E-state index in [4.69, 9.17) is 0 Å². The van der Waals surface area contributed by atoms with Gasteiger partial charge in [0.15, 0.2) is 11.5 Å². The molecule has 0 bridgehead atoms. The molecule has 112 valence electrons. The van der Waals surface area contributed by atoms with Gasteiger partial charge in [-0.15, -0.1) is 20.1 Å². The van der Waals surface area contributed by atoms with Gasteiger partial charge in [-0.25, -0.2) is 4.98 Å². The molecule has 21 heavy (non-hydrogen) atoms. The van der Waals surface area contributed by atoms with Crippen LogP contribution in [0.4, 0.5) is 14.5 Å². The fourth-order valence-electron chi connectivity index (χ4n) is 2.30. The summed E-state index contributed by atoms with van der Waals surface area (Å²) in [6.45, 7) is 5.91. The molecule has 0 aliphatic carbocycles. The fourth-order valence-corrected chi connectivity index (χ4v) is 3.23. The molecule has 1 aromatic carbocycles. The number of nitrogens with one attached hydrogen (secondary N) is 1. The first-order chi connectivity index (χ1) is 9.84. The van der Waals surface area contributed by atoms with Gasteiger partial charge in [-0.1, -0.05) is 0 Å². The van der Waals surface area contributed by atoms with E-state index < -0.39 is 6.29 Å². The Balaban J connectivity index is 1.79. The largest absolute Gasteiger partial charge is 0.586 e. The molecule has 0 radical (unpaired) electrons. The van der Waals surface area contributed by atoms with E-state index in [0.717, 1.165) is 15.6 Å². The zero-order valence-electron chi connectivity index (χ0n) is 11.7. The van der Waals surface area contributed by atoms with Crippen molar-refractivity contribution in [2.75, 3.05) is 5.32 Å². The van der Waals surface area contributed by atoms with E-state index in [9.17, 15) is 8.78 Å². The number of rotatable bonds is 3. The van der Waals surface area contributed by atoms with E-state index in [0.29, 0.717) is 5.69 Å². The summed E-state index contributed by atoms with van der Waals surface area (Å²) >= 11 is 1.62. The molecule has 0 saturated carbocycles. The van der Waals surface area contributed by atoms with Gasteiger partial charge in [0.05, 0.1) is 16.7 Å². The Hall–Kier alpha value is -1.89. The Kier molecular flexibility index (Phi) is 3.24. The van der Waals surface area contributed by atoms with Crippen LogP contribution in [0.15, 0.2) is 18.2 Å². The Bertz CT molecular complexity index is 688. The number of benzene rings is 1. The van der Waals surface area contributed by atoms with Crippen molar-refractivity contribution in [2.45, 2.75) is 33.1 Å². The lowest BCUT2D eigenvalue weighted by atomic mass is 10.2. The molecule has 1 aromatic heterocycles. The topological polar surface area (TPSA) is 43.4 Å². The van der Waals surface area contributed by atoms with E-state index in [1.807, 2.05) is 20.8 Å². The maximum absolute atomic E-state index is 13.0. The molecule has 0 saturated heterocycles. The van der Waals surface area contributed by atoms with Gasteiger partial charge in [-0.05, 0) is 32.9 Å². The third-order valence-corrected chi connectivity index (χ3v) is 4.37. The lowest BCUT2D eigenvalue weighted by molar-refractivity contribution is -0.286. The van der Waals surface area contributed by atoms with E-state index in [1.165, 1.54) is 12.1 Å². The molecule has 0 fully saturated rings. The van der Waals surface area contributed by atoms with Gasteiger partial charge in [-0.3, -0.25) is 0 Å². The van der Waals surface area contributed by atoms with Crippen molar-refractivity contribution in [3.05, 3.63) is 33.8 Å². The quantitative estimate of drug-likeness (QED) is 0.920. The highest BCUT2D eigenvalue weighted by Crippen LogP contribution is 2.42. The lowest BCUT2D eigenvalue weighted by Crippen LogP contribution is -2.25. The van der Waals surface area contributed by atoms with Crippen molar-refractivity contribution in [2.24, 2.45) is 0 Å². The summed E-state index contributed by atoms with van der Waals surface area (Å²) in [6, 6.07) is 4.69. The van der Waals surface area contributed by atoms with Crippen LogP contribution in [0.1, 0.15) is 28.5 Å². The van der Waals surface area contributed by atoms with Gasteiger partial charge < -0.3 is 14.8 Å². The van der Waals surface area contributed by atoms with Crippen LogP contribution in [0.2, 0.25) is 0 Å². The number of nitrogens with zero attached hydrogens (tertiary/aromatic N) is 1. The number of thiazole rings is 1. The van der Waals surface area contributed by atoms with Gasteiger partial charge >= 0.3 is 6.29 Å². The van der Waals surface area contributed by atoms with Gasteiger partial charge in [0.1, 0.15) is 0 Å². The zero-order chi connectivity index (χ0) is 15.2. The third-order valence-electron chi connectivity index (χ3n) is 3.12. The summed E-state index contributed by atoms with van der Waals surface area (Å²) in [5.74, 6) is 0.0809. The molecular formula is C14H14F2N2O2S. The Labute approximate surface area is 124 Å². The van der Waals surface area contributed by atoms with Crippen molar-refractivity contribution in [3.8, 4) is 11.5 Å². The molecule has 1 N–H and O–H groups in total. The first-order valence-electron chi connectivity index (χ1n) is 6.44. The molecule has 4 nitrogen and oxygen atoms in total. The number of hydrogen-bond donors (Lipinski definition) is 1. The summed E-state index contributed by atoms with van der Waals surface area (Å²) in [5.41, 5.74) is 1.66. The summed E-state index contributed by atoms with van der Waals surface area (Å²) in [4.78, 5) is 5.51. The molecule has 0 amide bonds. The normalized spacial score (nSPS) is 16.8. The molecule has 2 aromatic rings. The third kappa shape index (κ3) is 2.78. The summed E-state index contributed by atoms with van der Waals surface area (Å²) in [6.07, 6.45) is -3.59. The van der Waals surface area contributed by atoms with Gasteiger partial charge in [0.25, 0.3) is 0 Å². The van der Waals surface area contributed by atoms with Crippen LogP contribution in [0.25, 0.3) is 0 Å². The highest BCUT2D eigenvalue weighted by molar-refractivity contribution is 7.11. The SMILES string of the molecule is Cc1nc(C)c(C(C)Nc2ccc3c(c2)OC(F)(F)O3)s1. The number of hydrogen-bond acceptors (Lipinski definition) is 5. The molecular weight excluding hydrogens is 298 g/mol. The number of alkyl halides is 2. The fraction of sp³-hybridized carbons (Fsp3) is 0.357. The van der Waals surface area contributed by atoms with Gasteiger partial charge in [-0.2, -0.15) is 0 Å². The van der Waals surface area contributed by atoms with Crippen LogP contribution in [0, 0.1) is 13.8 Å². The first kappa shape index (κ1) is 14.1. The van der Waals surface area contributed by atoms with E-state index >= 15 is 0 Å². The average Bonchev–Trinajstić information content (AvgIpc) is 2.86. The maximum atomic E-state index is 13.0. The van der Waals surface area contributed by atoms with Crippen LogP contribution >= 0.6 is 11.3 Å². The Morgan fingerprint density at radius 2 is 1.95 bits per heavy atom. The van der Waals surface area contributed by atoms with Crippen LogP contribution in [0.5, 0.6) is 11.5 Å². The number of aryl methyl sites for hydroxylation is 2. The molecule has 7 heteroatoms. The predicted octanol–water partition coefficient (Wildman–Crippen LogP) is 4.25. The summed E-state index contributed by atoms with van der Waals surface area (Å²) in [7, 11) is 0. The van der Waals surface area contributed by atoms with E-state index in [1.54, 1.807) is 17.4 Å². The summed E-state index contributed by atoms with van der Waals surface area (Å²) in [5, 5.41) is 4.26. The van der Waals surface area contributed by atoms with E-state index in [2.05, 4.69) is 19.8 Å². The first-order valence-corrected chi connectivity index (χ1v) is 7.26. The molecule has 1 aliphatic heterocycles. The number of halogens is 2. The van der Waals surface area contributed by atoms with Crippen molar-refractivity contribution >= 4 is 17.0 Å². The number of fused-ring (bicyclic) bond motifs is 1. The highest BCUT2D eigenvalue weighted by atomic mass is 32.1. The monoisotopic (exact) mass is 312 g/mol. The van der Waals surface area contributed by atoms with Crippen molar-refractivity contribution < 1.29 is 18.3 Å². The van der Waals surface area contributed by atoms with Gasteiger partial charge in [0.2, 0.25) is 0 Å². The van der Waals surface area contributed by atoms with Crippen molar-refractivity contribution in [3.63, 3.8) is 0 Å². The highest BCUT2D eigenvalue weighted by Gasteiger charge is 2.43. The smallest absolute Gasteiger partial charge is 0.395 e. The average molecular weight is 312 g/mol. The predicted molar refractivity (Wildman–Crippen MR) is 76.3 cm³/mol. The molecule has 1 atom stereocenters. The number of ether oxygens (including phenoxy) is 2. The van der Waals surface area contributed by atoms with Crippen LogP contribution in [-0.4, -0.2) is 11.3 Å². The Morgan fingerprint density at radius 1 is 1.24 bits per heavy atom. The second-order valence-corrected chi connectivity index (χ2v) is 6.11. The zero-order valence-corrected chi connectivity index (χ0v) is 12.6. The summed E-state index contributed by atoms with van der Waals surface area (Å²) < 4.78 is 34.8. The Morgan fingerprint density at radius 3 is 2.62 bits per heavy atom. The van der Waals surface area contributed by atoms with Crippen molar-refractivity contribution in [1.82, 2.24) is 4.98 Å². The minimum Gasteiger partial charge on any atom is -0.395 e. The molecule has 1 aliphatic rings. The molecule has 1 unspecified atom stereocenters. The van der Waals surface area contributed by atoms with Crippen LogP contribution < -0.4 is 14.8 Å². The minimum absolute atomic E-state index is 0.0251. The standard InChI is InChI=1S/C14H14F2N2O2S/c1-7-13(21-9(3)17-7)8(2)18-10-4-5-11-12(6-10)20-14(15,16)19-11/h4-6,8,18H,1-3H3. The second-order valence-electron chi connectivity index (χ2n) is 4.88. The van der Waals surface area contributed by atoms with Crippen LogP contribution in [0.3, 0.4) is 0 Å². The van der Waals surface area contributed by atoms with Gasteiger partial charge in [0, 0.05) is 16.6 Å². The second kappa shape index (κ2) is 4.84. The lowest BCUT2D eigenvalue weighted by Gasteiger charge is -2.14. The van der Waals surface area contributed by atoms with Crippen LogP contribution in [-0.2, 0) is 0 Å². The maximum Gasteiger partial charge on any atom is 0.586 e. The number of anilines is 1. The molecule has 0 spiro atoms. The van der Waals surface area contributed by atoms with E-state index in [-0.39, 0.29) is 17.5 Å². The molecule has 3 rings (SSSR count). The minimum atomic E-state index is -3.59. The molecule has 2 heterocycles.